The summed E-state index contributed by atoms with van der Waals surface area (Å²) in [6, 6.07) is 60.5. The zero-order valence-electron chi connectivity index (χ0n) is 38.0. The molecule has 0 atom stereocenters. The second-order valence-electron chi connectivity index (χ2n) is 18.5. The highest BCUT2D eigenvalue weighted by molar-refractivity contribution is 7.02. The van der Waals surface area contributed by atoms with Crippen LogP contribution in [0.3, 0.4) is 0 Å². The summed E-state index contributed by atoms with van der Waals surface area (Å²) in [5.74, 6) is 0.899. The number of benzene rings is 7. The van der Waals surface area contributed by atoms with Gasteiger partial charge in [-0.2, -0.15) is 0 Å². The average Bonchev–Trinajstić information content (AvgIpc) is 3.95. The van der Waals surface area contributed by atoms with Gasteiger partial charge in [0.1, 0.15) is 13.9 Å². The number of aromatic nitrogens is 3. The molecule has 0 unspecified atom stereocenters. The summed E-state index contributed by atoms with van der Waals surface area (Å²) in [6.07, 6.45) is 5.67. The van der Waals surface area contributed by atoms with Crippen LogP contribution in [0.5, 0.6) is 0 Å². The van der Waals surface area contributed by atoms with Crippen molar-refractivity contribution in [3.8, 4) is 5.69 Å². The molecule has 0 saturated heterocycles. The third-order valence-corrected chi connectivity index (χ3v) is 17.8. The number of fused-ring (bicyclic) bond motifs is 4. The van der Waals surface area contributed by atoms with Crippen molar-refractivity contribution in [2.24, 2.45) is 7.05 Å². The lowest BCUT2D eigenvalue weighted by molar-refractivity contribution is -0.649. The van der Waals surface area contributed by atoms with E-state index in [1.54, 1.807) is 0 Å². The maximum absolute atomic E-state index is 5.10. The monoisotopic (exact) mass is 857 g/mol. The van der Waals surface area contributed by atoms with E-state index in [4.69, 9.17) is 4.98 Å². The molecular formula is C55H49B2N7Si. The Balaban J connectivity index is 1.16. The molecule has 314 valence electrons. The van der Waals surface area contributed by atoms with Gasteiger partial charge in [-0.05, 0) is 111 Å². The molecule has 5 heterocycles. The van der Waals surface area contributed by atoms with Gasteiger partial charge in [-0.3, -0.25) is 0 Å². The van der Waals surface area contributed by atoms with Gasteiger partial charge in [-0.25, -0.2) is 4.98 Å². The molecule has 3 aliphatic rings. The molecule has 9 aromatic rings. The van der Waals surface area contributed by atoms with Crippen LogP contribution in [-0.2, 0) is 7.05 Å². The first-order valence-electron chi connectivity index (χ1n) is 22.7. The number of para-hydroxylation sites is 3. The molecule has 0 spiro atoms. The van der Waals surface area contributed by atoms with Gasteiger partial charge in [0.2, 0.25) is 6.33 Å². The number of hydrogen-bond acceptors (Lipinski definition) is 5. The second-order valence-corrected chi connectivity index (χ2v) is 22.8. The van der Waals surface area contributed by atoms with Crippen LogP contribution < -0.4 is 45.1 Å². The zero-order valence-corrected chi connectivity index (χ0v) is 39.0. The van der Waals surface area contributed by atoms with E-state index >= 15 is 0 Å². The number of hydrogen-bond donors (Lipinski definition) is 0. The summed E-state index contributed by atoms with van der Waals surface area (Å²) >= 11 is 0. The van der Waals surface area contributed by atoms with E-state index in [-0.39, 0.29) is 14.0 Å². The summed E-state index contributed by atoms with van der Waals surface area (Å²) < 4.78 is 4.51. The minimum Gasteiger partial charge on any atom is -0.360 e. The van der Waals surface area contributed by atoms with Gasteiger partial charge in [0.15, 0.2) is 0 Å². The van der Waals surface area contributed by atoms with Crippen molar-refractivity contribution in [1.82, 2.24) is 9.55 Å². The van der Waals surface area contributed by atoms with E-state index in [0.717, 1.165) is 39.9 Å². The minimum absolute atomic E-state index is 0.188. The fourth-order valence-corrected chi connectivity index (χ4v) is 14.3. The Morgan fingerprint density at radius 1 is 0.477 bits per heavy atom. The SMILES string of the molecule is Cc1cccc(C)c1B1N(c2ccc3c(c2)N(c2ccccn2)B(c2c(C)cccc2C)N3c2ccccc2)c2cc3c(cc2N1c1ccccc1)[Si](C)(C)c1cccc2c1n-3[c-][n+]2C. The largest absolute Gasteiger partial charge is 0.422 e. The molecule has 7 aromatic carbocycles. The predicted octanol–water partition coefficient (Wildman–Crippen LogP) is 9.39. The fraction of sp³-hybridized carbons (Fsp3) is 0.127. The smallest absolute Gasteiger partial charge is 0.360 e. The molecule has 0 aliphatic carbocycles. The first kappa shape index (κ1) is 39.3. The third-order valence-electron chi connectivity index (χ3n) is 14.3. The van der Waals surface area contributed by atoms with E-state index in [9.17, 15) is 0 Å². The number of aryl methyl sites for hydroxylation is 5. The van der Waals surface area contributed by atoms with Crippen molar-refractivity contribution in [3.63, 3.8) is 0 Å². The van der Waals surface area contributed by atoms with Gasteiger partial charge in [-0.15, -0.1) is 0 Å². The van der Waals surface area contributed by atoms with Gasteiger partial charge in [0, 0.05) is 28.9 Å². The Kier molecular flexibility index (Phi) is 8.84. The minimum atomic E-state index is -2.21. The first-order valence-corrected chi connectivity index (χ1v) is 25.7. The molecule has 12 rings (SSSR count). The van der Waals surface area contributed by atoms with E-state index in [2.05, 4.69) is 240 Å². The third kappa shape index (κ3) is 5.76. The first-order chi connectivity index (χ1) is 31.6. The van der Waals surface area contributed by atoms with Crippen LogP contribution in [0.25, 0.3) is 16.7 Å². The van der Waals surface area contributed by atoms with Gasteiger partial charge in [0.25, 0.3) is 0 Å². The maximum Gasteiger partial charge on any atom is 0.422 e. The molecule has 0 radical (unpaired) electrons. The molecule has 0 bridgehead atoms. The molecule has 10 heteroatoms. The lowest BCUT2D eigenvalue weighted by Gasteiger charge is -2.35. The Morgan fingerprint density at radius 2 is 1.02 bits per heavy atom. The van der Waals surface area contributed by atoms with Crippen LogP contribution in [0.1, 0.15) is 22.3 Å². The lowest BCUT2D eigenvalue weighted by Crippen LogP contribution is -2.57. The van der Waals surface area contributed by atoms with E-state index in [1.807, 2.05) is 12.3 Å². The number of pyridine rings is 1. The van der Waals surface area contributed by atoms with Crippen LogP contribution in [0.4, 0.5) is 45.6 Å². The van der Waals surface area contributed by atoms with Crippen molar-refractivity contribution >= 4 is 100 Å². The summed E-state index contributed by atoms with van der Waals surface area (Å²) in [6.45, 7) is 13.7. The summed E-state index contributed by atoms with van der Waals surface area (Å²) in [5.41, 5.74) is 19.3. The molecule has 7 nitrogen and oxygen atoms in total. The van der Waals surface area contributed by atoms with Crippen LogP contribution in [0, 0.1) is 34.0 Å². The highest BCUT2D eigenvalue weighted by Crippen LogP contribution is 2.52. The molecule has 0 N–H and O–H groups in total. The maximum atomic E-state index is 5.10. The van der Waals surface area contributed by atoms with E-state index < -0.39 is 8.07 Å². The Labute approximate surface area is 383 Å². The van der Waals surface area contributed by atoms with Crippen molar-refractivity contribution in [1.29, 1.82) is 0 Å². The number of rotatable bonds is 6. The van der Waals surface area contributed by atoms with Gasteiger partial charge >= 0.3 is 14.0 Å². The van der Waals surface area contributed by atoms with Gasteiger partial charge < -0.3 is 28.4 Å². The van der Waals surface area contributed by atoms with Crippen molar-refractivity contribution < 1.29 is 4.57 Å². The quantitative estimate of drug-likeness (QED) is 0.0947. The Hall–Kier alpha value is -7.29. The summed E-state index contributed by atoms with van der Waals surface area (Å²) in [4.78, 5) is 15.3. The molecule has 0 fully saturated rings. The second kappa shape index (κ2) is 14.6. The molecule has 2 aromatic heterocycles. The topological polar surface area (TPSA) is 34.7 Å². The van der Waals surface area contributed by atoms with Crippen molar-refractivity contribution in [3.05, 3.63) is 199 Å². The summed E-state index contributed by atoms with van der Waals surface area (Å²) in [5, 5.41) is 2.86. The lowest BCUT2D eigenvalue weighted by atomic mass is 9.61. The molecule has 65 heavy (non-hydrogen) atoms. The van der Waals surface area contributed by atoms with E-state index in [0.29, 0.717) is 0 Å². The standard InChI is InChI=1S/C55H49B2N7Si/c1-37-19-16-20-38(2)53(37)56-62(42-25-12-9-13-26-42)48-35-51-49(60-36-59(5)45-27-18-28-50(55(45)60)65(51,6)7)34-47(48)63(56)43-30-31-44-46(33-43)64(52-29-14-15-32-58-52)57(54-39(3)21-17-22-40(54)4)61(44)41-23-10-8-11-24-41/h8-35H,1-7H3. The molecule has 0 saturated carbocycles. The Bertz CT molecular complexity index is 3320. The normalized spacial score (nSPS) is 14.6. The summed E-state index contributed by atoms with van der Waals surface area (Å²) in [7, 11) is -0.0915. The van der Waals surface area contributed by atoms with Gasteiger partial charge in [-0.1, -0.05) is 138 Å². The fourth-order valence-electron chi connectivity index (χ4n) is 11.3. The van der Waals surface area contributed by atoms with E-state index in [1.165, 1.54) is 66.0 Å². The van der Waals surface area contributed by atoms with Crippen molar-refractivity contribution in [2.45, 2.75) is 40.8 Å². The highest BCUT2D eigenvalue weighted by Gasteiger charge is 2.50. The zero-order chi connectivity index (χ0) is 44.3. The highest BCUT2D eigenvalue weighted by atomic mass is 28.3. The van der Waals surface area contributed by atoms with Crippen LogP contribution >= 0.6 is 0 Å². The molecular weight excluding hydrogens is 808 g/mol. The Morgan fingerprint density at radius 3 is 1.63 bits per heavy atom. The molecule has 0 amide bonds. The molecule has 3 aliphatic heterocycles. The number of anilines is 8. The van der Waals surface area contributed by atoms with Crippen LogP contribution in [0.2, 0.25) is 13.1 Å². The number of imidazole rings is 1. The average molecular weight is 858 g/mol. The van der Waals surface area contributed by atoms with Crippen LogP contribution in [0.15, 0.2) is 170 Å². The van der Waals surface area contributed by atoms with Crippen LogP contribution in [-0.4, -0.2) is 31.6 Å². The predicted molar refractivity (Wildman–Crippen MR) is 275 cm³/mol. The number of nitrogens with zero attached hydrogens (tertiary/aromatic N) is 7. The van der Waals surface area contributed by atoms with Gasteiger partial charge in [0.05, 0.1) is 40.8 Å². The van der Waals surface area contributed by atoms with Crippen molar-refractivity contribution in [2.75, 3.05) is 19.2 Å².